The van der Waals surface area contributed by atoms with Gasteiger partial charge < -0.3 is 5.32 Å². The number of carbonyl (C=O) groups is 1. The van der Waals surface area contributed by atoms with Crippen molar-refractivity contribution in [1.29, 1.82) is 0 Å². The van der Waals surface area contributed by atoms with Crippen molar-refractivity contribution in [3.8, 4) is 0 Å². The van der Waals surface area contributed by atoms with E-state index in [0.717, 1.165) is 17.0 Å². The SMILES string of the molecule is O=C(NCc1cccc(Cl)c1)c1ccc2nnc(Cc3ccc(Cl)cc3)n2c1. The molecule has 0 aliphatic heterocycles. The number of carbonyl (C=O) groups excluding carboxylic acids is 1. The van der Waals surface area contributed by atoms with Crippen molar-refractivity contribution < 1.29 is 4.79 Å². The Hall–Kier alpha value is -2.89. The predicted molar refractivity (Wildman–Crippen MR) is 110 cm³/mol. The minimum absolute atomic E-state index is 0.173. The summed E-state index contributed by atoms with van der Waals surface area (Å²) in [6.07, 6.45) is 2.35. The number of hydrogen-bond acceptors (Lipinski definition) is 3. The Morgan fingerprint density at radius 2 is 1.75 bits per heavy atom. The van der Waals surface area contributed by atoms with Crippen LogP contribution < -0.4 is 5.32 Å². The summed E-state index contributed by atoms with van der Waals surface area (Å²) in [6, 6.07) is 18.5. The van der Waals surface area contributed by atoms with E-state index in [2.05, 4.69) is 15.5 Å². The minimum Gasteiger partial charge on any atom is -0.348 e. The van der Waals surface area contributed by atoms with E-state index >= 15 is 0 Å². The molecule has 2 aromatic heterocycles. The maximum Gasteiger partial charge on any atom is 0.253 e. The van der Waals surface area contributed by atoms with Gasteiger partial charge in [0.25, 0.3) is 5.91 Å². The normalized spacial score (nSPS) is 10.9. The van der Waals surface area contributed by atoms with Crippen LogP contribution in [-0.2, 0) is 13.0 Å². The van der Waals surface area contributed by atoms with Gasteiger partial charge in [-0.2, -0.15) is 0 Å². The standard InChI is InChI=1S/C21H16Cl2N4O/c22-17-7-4-14(5-8-17)11-20-26-25-19-9-6-16(13-27(19)20)21(28)24-12-15-2-1-3-18(23)10-15/h1-10,13H,11-12H2,(H,24,28). The highest BCUT2D eigenvalue weighted by molar-refractivity contribution is 6.30. The van der Waals surface area contributed by atoms with Gasteiger partial charge in [0.05, 0.1) is 5.56 Å². The first-order valence-corrected chi connectivity index (χ1v) is 9.45. The Kier molecular flexibility index (Phi) is 5.28. The highest BCUT2D eigenvalue weighted by atomic mass is 35.5. The lowest BCUT2D eigenvalue weighted by atomic mass is 10.1. The van der Waals surface area contributed by atoms with E-state index in [1.54, 1.807) is 24.4 Å². The fraction of sp³-hybridized carbons (Fsp3) is 0.0952. The Morgan fingerprint density at radius 1 is 0.929 bits per heavy atom. The summed E-state index contributed by atoms with van der Waals surface area (Å²) in [4.78, 5) is 12.6. The van der Waals surface area contributed by atoms with Crippen molar-refractivity contribution >= 4 is 34.8 Å². The largest absolute Gasteiger partial charge is 0.348 e. The van der Waals surface area contributed by atoms with Crippen LogP contribution in [0.15, 0.2) is 66.9 Å². The molecule has 0 aliphatic carbocycles. The molecule has 0 saturated carbocycles. The molecule has 4 aromatic rings. The van der Waals surface area contributed by atoms with Crippen molar-refractivity contribution in [2.75, 3.05) is 0 Å². The number of nitrogens with zero attached hydrogens (tertiary/aromatic N) is 3. The molecule has 140 valence electrons. The van der Waals surface area contributed by atoms with Crippen LogP contribution in [0.2, 0.25) is 10.0 Å². The number of rotatable bonds is 5. The van der Waals surface area contributed by atoms with Gasteiger partial charge in [-0.15, -0.1) is 10.2 Å². The summed E-state index contributed by atoms with van der Waals surface area (Å²) >= 11 is 11.9. The van der Waals surface area contributed by atoms with Crippen LogP contribution in [-0.4, -0.2) is 20.5 Å². The van der Waals surface area contributed by atoms with E-state index in [0.29, 0.717) is 34.2 Å². The zero-order valence-corrected chi connectivity index (χ0v) is 16.3. The van der Waals surface area contributed by atoms with Crippen LogP contribution >= 0.6 is 23.2 Å². The molecule has 0 saturated heterocycles. The third-order valence-electron chi connectivity index (χ3n) is 4.35. The number of halogens is 2. The molecule has 5 nitrogen and oxygen atoms in total. The molecule has 7 heteroatoms. The van der Waals surface area contributed by atoms with E-state index in [-0.39, 0.29) is 5.91 Å². The number of aromatic nitrogens is 3. The molecule has 0 unspecified atom stereocenters. The maximum absolute atomic E-state index is 12.6. The van der Waals surface area contributed by atoms with E-state index in [1.807, 2.05) is 46.9 Å². The van der Waals surface area contributed by atoms with Gasteiger partial charge >= 0.3 is 0 Å². The van der Waals surface area contributed by atoms with Gasteiger partial charge in [-0.05, 0) is 47.5 Å². The van der Waals surface area contributed by atoms with Gasteiger partial charge in [-0.25, -0.2) is 0 Å². The number of fused-ring (bicyclic) bond motifs is 1. The van der Waals surface area contributed by atoms with Crippen molar-refractivity contribution in [2.45, 2.75) is 13.0 Å². The van der Waals surface area contributed by atoms with Crippen LogP contribution in [0.3, 0.4) is 0 Å². The molecule has 0 bridgehead atoms. The Morgan fingerprint density at radius 3 is 2.54 bits per heavy atom. The smallest absolute Gasteiger partial charge is 0.253 e. The Balaban J connectivity index is 1.53. The third kappa shape index (κ3) is 4.16. The fourth-order valence-corrected chi connectivity index (χ4v) is 3.25. The van der Waals surface area contributed by atoms with Crippen LogP contribution in [0, 0.1) is 0 Å². The minimum atomic E-state index is -0.173. The highest BCUT2D eigenvalue weighted by Gasteiger charge is 2.11. The average molecular weight is 411 g/mol. The molecular formula is C21H16Cl2N4O. The molecule has 0 radical (unpaired) electrons. The third-order valence-corrected chi connectivity index (χ3v) is 4.84. The summed E-state index contributed by atoms with van der Waals surface area (Å²) in [6.45, 7) is 0.400. The predicted octanol–water partition coefficient (Wildman–Crippen LogP) is 4.56. The fourth-order valence-electron chi connectivity index (χ4n) is 2.91. The molecule has 1 amide bonds. The average Bonchev–Trinajstić information content (AvgIpc) is 3.10. The molecule has 0 spiro atoms. The quantitative estimate of drug-likeness (QED) is 0.524. The van der Waals surface area contributed by atoms with Crippen LogP contribution in [0.5, 0.6) is 0 Å². The second-order valence-corrected chi connectivity index (χ2v) is 7.25. The topological polar surface area (TPSA) is 59.3 Å². The number of amides is 1. The number of nitrogens with one attached hydrogen (secondary N) is 1. The lowest BCUT2D eigenvalue weighted by molar-refractivity contribution is 0.0950. The van der Waals surface area contributed by atoms with Crippen molar-refractivity contribution in [2.24, 2.45) is 0 Å². The first kappa shape index (κ1) is 18.5. The summed E-state index contributed by atoms with van der Waals surface area (Å²) in [5.41, 5.74) is 3.23. The zero-order chi connectivity index (χ0) is 19.5. The van der Waals surface area contributed by atoms with Gasteiger partial charge in [0.15, 0.2) is 5.65 Å². The summed E-state index contributed by atoms with van der Waals surface area (Å²) < 4.78 is 1.84. The van der Waals surface area contributed by atoms with Gasteiger partial charge in [-0.1, -0.05) is 47.5 Å². The molecule has 1 N–H and O–H groups in total. The number of benzene rings is 2. The van der Waals surface area contributed by atoms with Crippen LogP contribution in [0.1, 0.15) is 27.3 Å². The second-order valence-electron chi connectivity index (χ2n) is 6.38. The van der Waals surface area contributed by atoms with E-state index in [1.165, 1.54) is 0 Å². The van der Waals surface area contributed by atoms with Gasteiger partial charge in [-0.3, -0.25) is 9.20 Å². The molecule has 2 aromatic carbocycles. The van der Waals surface area contributed by atoms with Crippen molar-refractivity contribution in [1.82, 2.24) is 19.9 Å². The highest BCUT2D eigenvalue weighted by Crippen LogP contribution is 2.15. The maximum atomic E-state index is 12.6. The van der Waals surface area contributed by atoms with Crippen LogP contribution in [0.4, 0.5) is 0 Å². The van der Waals surface area contributed by atoms with Crippen molar-refractivity contribution in [3.05, 3.63) is 99.4 Å². The molecule has 4 rings (SSSR count). The Bertz CT molecular complexity index is 1140. The van der Waals surface area contributed by atoms with E-state index < -0.39 is 0 Å². The lowest BCUT2D eigenvalue weighted by Gasteiger charge is -2.07. The lowest BCUT2D eigenvalue weighted by Crippen LogP contribution is -2.23. The summed E-state index contributed by atoms with van der Waals surface area (Å²) in [5, 5.41) is 12.7. The number of hydrogen-bond donors (Lipinski definition) is 1. The summed E-state index contributed by atoms with van der Waals surface area (Å²) in [7, 11) is 0. The van der Waals surface area contributed by atoms with Gasteiger partial charge in [0, 0.05) is 29.2 Å². The first-order valence-electron chi connectivity index (χ1n) is 8.69. The molecule has 0 fully saturated rings. The van der Waals surface area contributed by atoms with Gasteiger partial charge in [0.2, 0.25) is 0 Å². The summed E-state index contributed by atoms with van der Waals surface area (Å²) in [5.74, 6) is 0.579. The first-order chi connectivity index (χ1) is 13.6. The van der Waals surface area contributed by atoms with E-state index in [4.69, 9.17) is 23.2 Å². The second kappa shape index (κ2) is 8.00. The molecular weight excluding hydrogens is 395 g/mol. The zero-order valence-electron chi connectivity index (χ0n) is 14.8. The number of pyridine rings is 1. The monoisotopic (exact) mass is 410 g/mol. The van der Waals surface area contributed by atoms with E-state index in [9.17, 15) is 4.79 Å². The molecule has 0 atom stereocenters. The molecule has 0 aliphatic rings. The van der Waals surface area contributed by atoms with Crippen LogP contribution in [0.25, 0.3) is 5.65 Å². The van der Waals surface area contributed by atoms with Gasteiger partial charge in [0.1, 0.15) is 5.82 Å². The Labute approximate surface area is 171 Å². The van der Waals surface area contributed by atoms with Crippen molar-refractivity contribution in [3.63, 3.8) is 0 Å². The molecule has 2 heterocycles. The molecule has 28 heavy (non-hydrogen) atoms.